The van der Waals surface area contributed by atoms with Crippen molar-refractivity contribution < 1.29 is 32.2 Å². The number of hydrogen-bond donors (Lipinski definition) is 1. The summed E-state index contributed by atoms with van der Waals surface area (Å²) in [5.74, 6) is -0.422. The first-order chi connectivity index (χ1) is 16.9. The molecule has 0 radical (unpaired) electrons. The van der Waals surface area contributed by atoms with E-state index in [9.17, 15) is 18.0 Å². The van der Waals surface area contributed by atoms with Crippen LogP contribution in [0.1, 0.15) is 12.8 Å². The van der Waals surface area contributed by atoms with E-state index in [4.69, 9.17) is 14.2 Å². The molecule has 2 bridgehead atoms. The van der Waals surface area contributed by atoms with E-state index in [0.29, 0.717) is 56.8 Å². The molecule has 2 aliphatic carbocycles. The topological polar surface area (TPSA) is 114 Å². The highest BCUT2D eigenvalue weighted by Crippen LogP contribution is 2.43. The van der Waals surface area contributed by atoms with Crippen LogP contribution in [-0.2, 0) is 33.8 Å². The number of hydrogen-bond acceptors (Lipinski definition) is 8. The minimum Gasteiger partial charge on any atom is -0.455 e. The predicted octanol–water partition coefficient (Wildman–Crippen LogP) is 1.24. The molecule has 3 atom stereocenters. The number of fused-ring (bicyclic) bond motifs is 2. The van der Waals surface area contributed by atoms with Gasteiger partial charge in [0.1, 0.15) is 0 Å². The van der Waals surface area contributed by atoms with Crippen molar-refractivity contribution in [2.45, 2.75) is 17.7 Å². The lowest BCUT2D eigenvalue weighted by Crippen LogP contribution is -2.40. The van der Waals surface area contributed by atoms with Crippen LogP contribution in [-0.4, -0.2) is 83.8 Å². The van der Waals surface area contributed by atoms with E-state index in [2.05, 4.69) is 17.5 Å². The number of rotatable bonds is 7. The molecule has 4 aliphatic rings. The second-order valence-electron chi connectivity index (χ2n) is 9.34. The van der Waals surface area contributed by atoms with Crippen LogP contribution >= 0.6 is 0 Å². The van der Waals surface area contributed by atoms with Gasteiger partial charge in [0, 0.05) is 26.2 Å². The van der Waals surface area contributed by atoms with Crippen LogP contribution in [0.25, 0.3) is 0 Å². The third-order valence-corrected chi connectivity index (χ3v) is 9.02. The molecule has 5 rings (SSSR count). The summed E-state index contributed by atoms with van der Waals surface area (Å²) in [6.45, 7) is 3.15. The van der Waals surface area contributed by atoms with Gasteiger partial charge < -0.3 is 24.4 Å². The Morgan fingerprint density at radius 3 is 2.37 bits per heavy atom. The fourth-order valence-electron chi connectivity index (χ4n) is 5.27. The molecule has 0 unspecified atom stereocenters. The molecular formula is C24H31N3O7S. The molecule has 3 fully saturated rings. The maximum atomic E-state index is 13.2. The van der Waals surface area contributed by atoms with E-state index >= 15 is 0 Å². The highest BCUT2D eigenvalue weighted by molar-refractivity contribution is 7.89. The van der Waals surface area contributed by atoms with Gasteiger partial charge in [0.25, 0.3) is 5.91 Å². The summed E-state index contributed by atoms with van der Waals surface area (Å²) in [4.78, 5) is 27.4. The van der Waals surface area contributed by atoms with Crippen molar-refractivity contribution in [2.24, 2.45) is 17.8 Å². The molecule has 0 aromatic heterocycles. The van der Waals surface area contributed by atoms with Gasteiger partial charge in [0.05, 0.1) is 48.6 Å². The number of carbonyl (C=O) groups excluding carboxylic acids is 2. The molecule has 2 aliphatic heterocycles. The summed E-state index contributed by atoms with van der Waals surface area (Å²) in [6, 6.07) is 4.76. The monoisotopic (exact) mass is 505 g/mol. The zero-order valence-corrected chi connectivity index (χ0v) is 20.4. The summed E-state index contributed by atoms with van der Waals surface area (Å²) in [5.41, 5.74) is 1.07. The maximum absolute atomic E-state index is 13.2. The van der Waals surface area contributed by atoms with Gasteiger partial charge >= 0.3 is 5.97 Å². The largest absolute Gasteiger partial charge is 0.455 e. The first kappa shape index (κ1) is 24.2. The van der Waals surface area contributed by atoms with Crippen molar-refractivity contribution in [3.8, 4) is 0 Å². The highest BCUT2D eigenvalue weighted by atomic mass is 32.2. The van der Waals surface area contributed by atoms with Crippen molar-refractivity contribution in [1.82, 2.24) is 4.31 Å². The standard InChI is InChI=1S/C24H31N3O7S/c28-23(16-34-24(29)20-14-17-1-2-18(20)13-17)25-21-15-19(35(30,31)27-7-11-33-12-8-27)3-4-22(21)26-5-9-32-10-6-26/h1-4,15,17-18,20H,5-14,16H2,(H,25,28)/t17-,18+,20-/m0/s1. The number of nitrogens with one attached hydrogen (secondary N) is 1. The Hall–Kier alpha value is -2.47. The molecule has 2 heterocycles. The predicted molar refractivity (Wildman–Crippen MR) is 127 cm³/mol. The molecule has 0 spiro atoms. The van der Waals surface area contributed by atoms with Gasteiger partial charge in [-0.05, 0) is 42.9 Å². The molecule has 1 aromatic carbocycles. The smallest absolute Gasteiger partial charge is 0.310 e. The fourth-order valence-corrected chi connectivity index (χ4v) is 6.71. The molecule has 10 nitrogen and oxygen atoms in total. The van der Waals surface area contributed by atoms with Crippen LogP contribution in [0.5, 0.6) is 0 Å². The lowest BCUT2D eigenvalue weighted by Gasteiger charge is -2.31. The molecule has 35 heavy (non-hydrogen) atoms. The number of morpholine rings is 2. The van der Waals surface area contributed by atoms with Crippen molar-refractivity contribution in [2.75, 3.05) is 69.4 Å². The molecule has 190 valence electrons. The summed E-state index contributed by atoms with van der Waals surface area (Å²) < 4.78 is 43.8. The quantitative estimate of drug-likeness (QED) is 0.435. The summed E-state index contributed by atoms with van der Waals surface area (Å²) in [5, 5.41) is 2.78. The Labute approximate surface area is 205 Å². The third-order valence-electron chi connectivity index (χ3n) is 7.13. The number of nitrogens with zero attached hydrogens (tertiary/aromatic N) is 2. The second-order valence-corrected chi connectivity index (χ2v) is 11.3. The molecule has 2 saturated heterocycles. The van der Waals surface area contributed by atoms with Crippen LogP contribution in [0.15, 0.2) is 35.2 Å². The van der Waals surface area contributed by atoms with Crippen LogP contribution in [0.2, 0.25) is 0 Å². The lowest BCUT2D eigenvalue weighted by molar-refractivity contribution is -0.152. The van der Waals surface area contributed by atoms with Gasteiger partial charge in [0.15, 0.2) is 6.61 Å². The van der Waals surface area contributed by atoms with E-state index in [1.807, 2.05) is 4.90 Å². The van der Waals surface area contributed by atoms with Gasteiger partial charge in [-0.15, -0.1) is 0 Å². The fraction of sp³-hybridized carbons (Fsp3) is 0.583. The SMILES string of the molecule is O=C(COC(=O)[C@H]1C[C@H]2C=C[C@@H]1C2)Nc1cc(S(=O)(=O)N2CCOCC2)ccc1N1CCOCC1. The molecule has 1 saturated carbocycles. The van der Waals surface area contributed by atoms with E-state index in [1.54, 1.807) is 12.1 Å². The molecular weight excluding hydrogens is 474 g/mol. The van der Waals surface area contributed by atoms with E-state index in [-0.39, 0.29) is 35.8 Å². The number of amides is 1. The van der Waals surface area contributed by atoms with Crippen molar-refractivity contribution in [3.63, 3.8) is 0 Å². The van der Waals surface area contributed by atoms with E-state index < -0.39 is 22.5 Å². The van der Waals surface area contributed by atoms with Crippen molar-refractivity contribution >= 4 is 33.3 Å². The minimum atomic E-state index is -3.74. The summed E-state index contributed by atoms with van der Waals surface area (Å²) in [6.07, 6.45) is 5.95. The van der Waals surface area contributed by atoms with Crippen LogP contribution in [0.3, 0.4) is 0 Å². The normalized spacial score (nSPS) is 26.6. The van der Waals surface area contributed by atoms with Gasteiger partial charge in [-0.2, -0.15) is 4.31 Å². The molecule has 1 N–H and O–H groups in total. The molecule has 1 amide bonds. The number of allylic oxidation sites excluding steroid dienone is 2. The average molecular weight is 506 g/mol. The number of anilines is 2. The van der Waals surface area contributed by atoms with E-state index in [0.717, 1.165) is 12.8 Å². The lowest BCUT2D eigenvalue weighted by atomic mass is 9.94. The second kappa shape index (κ2) is 10.3. The Balaban J connectivity index is 1.31. The highest BCUT2D eigenvalue weighted by Gasteiger charge is 2.41. The third kappa shape index (κ3) is 5.23. The van der Waals surface area contributed by atoms with Gasteiger partial charge in [-0.25, -0.2) is 8.42 Å². The number of benzene rings is 1. The number of esters is 1. The van der Waals surface area contributed by atoms with Gasteiger partial charge in [0.2, 0.25) is 10.0 Å². The first-order valence-corrected chi connectivity index (χ1v) is 13.6. The van der Waals surface area contributed by atoms with Crippen molar-refractivity contribution in [3.05, 3.63) is 30.4 Å². The first-order valence-electron chi connectivity index (χ1n) is 12.1. The Morgan fingerprint density at radius 1 is 1.00 bits per heavy atom. The number of carbonyl (C=O) groups is 2. The Morgan fingerprint density at radius 2 is 1.71 bits per heavy atom. The Kier molecular flexibility index (Phi) is 7.10. The maximum Gasteiger partial charge on any atom is 0.310 e. The zero-order chi connectivity index (χ0) is 24.4. The minimum absolute atomic E-state index is 0.0949. The zero-order valence-electron chi connectivity index (χ0n) is 19.6. The van der Waals surface area contributed by atoms with Crippen LogP contribution in [0.4, 0.5) is 11.4 Å². The van der Waals surface area contributed by atoms with Gasteiger partial charge in [-0.1, -0.05) is 12.2 Å². The van der Waals surface area contributed by atoms with Gasteiger partial charge in [-0.3, -0.25) is 9.59 Å². The molecule has 1 aromatic rings. The average Bonchev–Trinajstić information content (AvgIpc) is 3.52. The van der Waals surface area contributed by atoms with Crippen LogP contribution in [0, 0.1) is 17.8 Å². The number of ether oxygens (including phenoxy) is 3. The molecule has 11 heteroatoms. The summed E-state index contributed by atoms with van der Waals surface area (Å²) >= 11 is 0. The Bertz CT molecular complexity index is 1090. The van der Waals surface area contributed by atoms with Crippen molar-refractivity contribution in [1.29, 1.82) is 0 Å². The summed E-state index contributed by atoms with van der Waals surface area (Å²) in [7, 11) is -3.74. The van der Waals surface area contributed by atoms with E-state index in [1.165, 1.54) is 10.4 Å². The number of sulfonamides is 1. The van der Waals surface area contributed by atoms with Crippen LogP contribution < -0.4 is 10.2 Å².